The molecule has 5 heteroatoms. The number of benzene rings is 1. The van der Waals surface area contributed by atoms with Crippen LogP contribution in [-0.4, -0.2) is 36.3 Å². The number of carbonyl (C=O) groups is 2. The Morgan fingerprint density at radius 1 is 1.19 bits per heavy atom. The predicted octanol–water partition coefficient (Wildman–Crippen LogP) is 0.645. The molecule has 2 aliphatic rings. The second kappa shape index (κ2) is 6.26. The first kappa shape index (κ1) is 14.1. The third-order valence-corrected chi connectivity index (χ3v) is 4.21. The van der Waals surface area contributed by atoms with Crippen molar-refractivity contribution in [3.05, 3.63) is 35.4 Å². The molecule has 3 rings (SSSR count). The Bertz CT molecular complexity index is 515. The molecule has 1 aromatic rings. The Hall–Kier alpha value is -1.88. The topological polar surface area (TPSA) is 61.4 Å². The van der Waals surface area contributed by atoms with Crippen LogP contribution in [0.1, 0.15) is 24.0 Å². The quantitative estimate of drug-likeness (QED) is 0.782. The summed E-state index contributed by atoms with van der Waals surface area (Å²) in [5.74, 6) is 0.398. The van der Waals surface area contributed by atoms with E-state index < -0.39 is 0 Å². The summed E-state index contributed by atoms with van der Waals surface area (Å²) in [6.45, 7) is 3.57. The molecule has 112 valence electrons. The van der Waals surface area contributed by atoms with E-state index in [1.807, 2.05) is 17.0 Å². The highest BCUT2D eigenvalue weighted by Crippen LogP contribution is 2.22. The van der Waals surface area contributed by atoms with E-state index in [-0.39, 0.29) is 17.7 Å². The summed E-state index contributed by atoms with van der Waals surface area (Å²) in [4.78, 5) is 25.7. The van der Waals surface area contributed by atoms with Crippen molar-refractivity contribution in [1.29, 1.82) is 0 Å². The number of amides is 2. The number of nitrogens with one attached hydrogen (secondary N) is 2. The van der Waals surface area contributed by atoms with E-state index in [1.165, 1.54) is 11.1 Å². The molecule has 1 aromatic carbocycles. The van der Waals surface area contributed by atoms with Gasteiger partial charge in [-0.3, -0.25) is 9.59 Å². The van der Waals surface area contributed by atoms with Crippen LogP contribution in [0.15, 0.2) is 24.3 Å². The monoisotopic (exact) mass is 287 g/mol. The van der Waals surface area contributed by atoms with Crippen molar-refractivity contribution in [3.63, 3.8) is 0 Å². The lowest BCUT2D eigenvalue weighted by atomic mass is 10.0. The standard InChI is InChI=1S/C16H21N3O2/c20-15(6-3-7-18-16(21)14-8-17-9-14)19-10-12-4-1-2-5-13(12)11-19/h1-2,4-5,14,17H,3,6-11H2,(H,18,21). The zero-order valence-electron chi connectivity index (χ0n) is 12.1. The number of fused-ring (bicyclic) bond motifs is 1. The Morgan fingerprint density at radius 2 is 1.86 bits per heavy atom. The highest BCUT2D eigenvalue weighted by atomic mass is 16.2. The molecule has 21 heavy (non-hydrogen) atoms. The van der Waals surface area contributed by atoms with Gasteiger partial charge >= 0.3 is 0 Å². The molecule has 5 nitrogen and oxygen atoms in total. The number of hydrogen-bond acceptors (Lipinski definition) is 3. The molecule has 0 aromatic heterocycles. The first-order valence-corrected chi connectivity index (χ1v) is 7.57. The molecule has 1 saturated heterocycles. The van der Waals surface area contributed by atoms with E-state index in [4.69, 9.17) is 0 Å². The van der Waals surface area contributed by atoms with Crippen LogP contribution in [0.5, 0.6) is 0 Å². The molecule has 2 aliphatic heterocycles. The summed E-state index contributed by atoms with van der Waals surface area (Å²) < 4.78 is 0. The number of carbonyl (C=O) groups excluding carboxylic acids is 2. The second-order valence-corrected chi connectivity index (χ2v) is 5.77. The molecule has 0 bridgehead atoms. The fourth-order valence-electron chi connectivity index (χ4n) is 2.74. The van der Waals surface area contributed by atoms with E-state index in [2.05, 4.69) is 22.8 Å². The average Bonchev–Trinajstić information content (AvgIpc) is 2.85. The Balaban J connectivity index is 1.36. The lowest BCUT2D eigenvalue weighted by molar-refractivity contribution is -0.132. The molecule has 0 radical (unpaired) electrons. The van der Waals surface area contributed by atoms with Crippen molar-refractivity contribution >= 4 is 11.8 Å². The van der Waals surface area contributed by atoms with Gasteiger partial charge in [-0.2, -0.15) is 0 Å². The zero-order valence-corrected chi connectivity index (χ0v) is 12.1. The molecule has 0 spiro atoms. The Labute approximate surface area is 124 Å². The van der Waals surface area contributed by atoms with Crippen molar-refractivity contribution in [2.45, 2.75) is 25.9 Å². The van der Waals surface area contributed by atoms with Crippen LogP contribution in [0.25, 0.3) is 0 Å². The van der Waals surface area contributed by atoms with Gasteiger partial charge in [-0.25, -0.2) is 0 Å². The number of rotatable bonds is 5. The summed E-state index contributed by atoms with van der Waals surface area (Å²) in [6.07, 6.45) is 1.20. The van der Waals surface area contributed by atoms with Gasteiger partial charge in [0.15, 0.2) is 0 Å². The molecule has 0 aliphatic carbocycles. The smallest absolute Gasteiger partial charge is 0.225 e. The van der Waals surface area contributed by atoms with E-state index >= 15 is 0 Å². The SMILES string of the molecule is O=C(NCCCC(=O)N1Cc2ccccc2C1)C1CNC1. The van der Waals surface area contributed by atoms with E-state index in [0.29, 0.717) is 19.4 Å². The molecule has 2 amide bonds. The van der Waals surface area contributed by atoms with Gasteiger partial charge in [0.2, 0.25) is 11.8 Å². The van der Waals surface area contributed by atoms with Crippen molar-refractivity contribution in [3.8, 4) is 0 Å². The van der Waals surface area contributed by atoms with Crippen LogP contribution in [0.2, 0.25) is 0 Å². The average molecular weight is 287 g/mol. The summed E-state index contributed by atoms with van der Waals surface area (Å²) in [5, 5.41) is 5.97. The van der Waals surface area contributed by atoms with E-state index in [9.17, 15) is 9.59 Å². The van der Waals surface area contributed by atoms with E-state index in [0.717, 1.165) is 26.2 Å². The number of hydrogen-bond donors (Lipinski definition) is 2. The fourth-order valence-corrected chi connectivity index (χ4v) is 2.74. The third kappa shape index (κ3) is 3.24. The van der Waals surface area contributed by atoms with Crippen molar-refractivity contribution in [1.82, 2.24) is 15.5 Å². The van der Waals surface area contributed by atoms with Crippen molar-refractivity contribution < 1.29 is 9.59 Å². The summed E-state index contributed by atoms with van der Waals surface area (Å²) in [5.41, 5.74) is 2.49. The molecule has 0 saturated carbocycles. The lowest BCUT2D eigenvalue weighted by Crippen LogP contribution is -2.50. The van der Waals surface area contributed by atoms with Gasteiger partial charge in [0.05, 0.1) is 5.92 Å². The maximum absolute atomic E-state index is 12.2. The van der Waals surface area contributed by atoms with Crippen molar-refractivity contribution in [2.75, 3.05) is 19.6 Å². The largest absolute Gasteiger partial charge is 0.356 e. The highest BCUT2D eigenvalue weighted by Gasteiger charge is 2.25. The molecule has 1 fully saturated rings. The van der Waals surface area contributed by atoms with Crippen LogP contribution in [0, 0.1) is 5.92 Å². The van der Waals surface area contributed by atoms with Gasteiger partial charge in [-0.05, 0) is 17.5 Å². The van der Waals surface area contributed by atoms with Gasteiger partial charge < -0.3 is 15.5 Å². The first-order chi connectivity index (χ1) is 10.2. The second-order valence-electron chi connectivity index (χ2n) is 5.77. The van der Waals surface area contributed by atoms with Gasteiger partial charge in [-0.1, -0.05) is 24.3 Å². The van der Waals surface area contributed by atoms with Crippen LogP contribution < -0.4 is 10.6 Å². The van der Waals surface area contributed by atoms with Crippen LogP contribution in [-0.2, 0) is 22.7 Å². The minimum Gasteiger partial charge on any atom is -0.356 e. The highest BCUT2D eigenvalue weighted by molar-refractivity contribution is 5.80. The zero-order chi connectivity index (χ0) is 14.7. The molecule has 2 N–H and O–H groups in total. The van der Waals surface area contributed by atoms with Gasteiger partial charge in [0, 0.05) is 39.1 Å². The molecule has 0 atom stereocenters. The van der Waals surface area contributed by atoms with Crippen LogP contribution in [0.3, 0.4) is 0 Å². The van der Waals surface area contributed by atoms with Gasteiger partial charge in [0.25, 0.3) is 0 Å². The maximum Gasteiger partial charge on any atom is 0.225 e. The minimum absolute atomic E-state index is 0.106. The first-order valence-electron chi connectivity index (χ1n) is 7.57. The summed E-state index contributed by atoms with van der Waals surface area (Å²) in [6, 6.07) is 8.18. The maximum atomic E-state index is 12.2. The lowest BCUT2D eigenvalue weighted by Gasteiger charge is -2.25. The minimum atomic E-state index is 0.106. The van der Waals surface area contributed by atoms with Gasteiger partial charge in [-0.15, -0.1) is 0 Å². The summed E-state index contributed by atoms with van der Waals surface area (Å²) in [7, 11) is 0. The third-order valence-electron chi connectivity index (χ3n) is 4.21. The molecular weight excluding hydrogens is 266 g/mol. The Kier molecular flexibility index (Phi) is 4.20. The van der Waals surface area contributed by atoms with Crippen LogP contribution >= 0.6 is 0 Å². The molecule has 2 heterocycles. The predicted molar refractivity (Wildman–Crippen MR) is 79.3 cm³/mol. The Morgan fingerprint density at radius 3 is 2.43 bits per heavy atom. The normalized spacial score (nSPS) is 17.2. The fraction of sp³-hybridized carbons (Fsp3) is 0.500. The van der Waals surface area contributed by atoms with E-state index in [1.54, 1.807) is 0 Å². The van der Waals surface area contributed by atoms with Crippen molar-refractivity contribution in [2.24, 2.45) is 5.92 Å². The molecular formula is C16H21N3O2. The van der Waals surface area contributed by atoms with Gasteiger partial charge in [0.1, 0.15) is 0 Å². The van der Waals surface area contributed by atoms with Crippen LogP contribution in [0.4, 0.5) is 0 Å². The molecule has 0 unspecified atom stereocenters. The number of nitrogens with zero attached hydrogens (tertiary/aromatic N) is 1. The summed E-state index contributed by atoms with van der Waals surface area (Å²) >= 11 is 0.